The number of ketones is 1. The Morgan fingerprint density at radius 3 is 2.16 bits per heavy atom. The Balaban J connectivity index is 2.43. The van der Waals surface area contributed by atoms with E-state index in [9.17, 15) is 17.8 Å². The summed E-state index contributed by atoms with van der Waals surface area (Å²) in [5, 5.41) is 0. The molecule has 2 rings (SSSR count). The Morgan fingerprint density at radius 1 is 0.947 bits per heavy atom. The number of hydrogen-bond acceptors (Lipinski definition) is 4. The predicted molar refractivity (Wildman–Crippen MR) is 69.7 cm³/mol. The average molecular weight is 275 g/mol. The van der Waals surface area contributed by atoms with E-state index in [1.54, 1.807) is 42.5 Å². The SMILES string of the molecule is O=C(c1ccccc1)c1ccccc1CS(=O)(=O)[O-]. The lowest BCUT2D eigenvalue weighted by molar-refractivity contribution is 0.103. The number of hydrogen-bond donors (Lipinski definition) is 0. The van der Waals surface area contributed by atoms with Gasteiger partial charge in [0, 0.05) is 11.1 Å². The second-order valence-corrected chi connectivity index (χ2v) is 5.46. The molecule has 5 heteroatoms. The molecule has 2 aromatic rings. The topological polar surface area (TPSA) is 74.3 Å². The summed E-state index contributed by atoms with van der Waals surface area (Å²) in [4.78, 5) is 12.3. The summed E-state index contributed by atoms with van der Waals surface area (Å²) in [6.07, 6.45) is 0. The molecule has 4 nitrogen and oxygen atoms in total. The fourth-order valence-corrected chi connectivity index (χ4v) is 2.44. The van der Waals surface area contributed by atoms with Crippen molar-refractivity contribution >= 4 is 15.9 Å². The third kappa shape index (κ3) is 3.49. The van der Waals surface area contributed by atoms with Crippen LogP contribution in [0.5, 0.6) is 0 Å². The predicted octanol–water partition coefficient (Wildman–Crippen LogP) is 1.96. The molecule has 2 aromatic carbocycles. The van der Waals surface area contributed by atoms with Crippen LogP contribution in [0, 0.1) is 0 Å². The highest BCUT2D eigenvalue weighted by atomic mass is 32.2. The number of rotatable bonds is 4. The number of carbonyl (C=O) groups is 1. The van der Waals surface area contributed by atoms with Gasteiger partial charge in [-0.05, 0) is 5.56 Å². The van der Waals surface area contributed by atoms with E-state index in [1.807, 2.05) is 0 Å². The van der Waals surface area contributed by atoms with E-state index in [1.165, 1.54) is 12.1 Å². The van der Waals surface area contributed by atoms with E-state index >= 15 is 0 Å². The minimum Gasteiger partial charge on any atom is -0.748 e. The van der Waals surface area contributed by atoms with Crippen LogP contribution in [-0.2, 0) is 15.9 Å². The lowest BCUT2D eigenvalue weighted by Gasteiger charge is -2.11. The first-order chi connectivity index (χ1) is 8.97. The van der Waals surface area contributed by atoms with Crippen molar-refractivity contribution in [2.45, 2.75) is 5.75 Å². The van der Waals surface area contributed by atoms with Crippen molar-refractivity contribution in [3.05, 3.63) is 71.3 Å². The van der Waals surface area contributed by atoms with E-state index in [2.05, 4.69) is 0 Å². The van der Waals surface area contributed by atoms with Gasteiger partial charge in [0.2, 0.25) is 0 Å². The molecule has 0 amide bonds. The molecule has 0 aliphatic rings. The quantitative estimate of drug-likeness (QED) is 0.631. The van der Waals surface area contributed by atoms with Crippen LogP contribution in [-0.4, -0.2) is 18.8 Å². The van der Waals surface area contributed by atoms with E-state index in [-0.39, 0.29) is 16.9 Å². The first kappa shape index (κ1) is 13.5. The van der Waals surface area contributed by atoms with Crippen molar-refractivity contribution < 1.29 is 17.8 Å². The summed E-state index contributed by atoms with van der Waals surface area (Å²) >= 11 is 0. The third-order valence-corrected chi connectivity index (χ3v) is 3.29. The number of benzene rings is 2. The van der Waals surface area contributed by atoms with Crippen molar-refractivity contribution in [2.24, 2.45) is 0 Å². The van der Waals surface area contributed by atoms with Crippen LogP contribution in [0.25, 0.3) is 0 Å². The molecule has 19 heavy (non-hydrogen) atoms. The molecule has 0 bridgehead atoms. The van der Waals surface area contributed by atoms with Gasteiger partial charge in [-0.25, -0.2) is 8.42 Å². The first-order valence-electron chi connectivity index (χ1n) is 5.58. The van der Waals surface area contributed by atoms with Gasteiger partial charge >= 0.3 is 0 Å². The zero-order valence-corrected chi connectivity index (χ0v) is 10.8. The van der Waals surface area contributed by atoms with Crippen LogP contribution in [0.3, 0.4) is 0 Å². The van der Waals surface area contributed by atoms with Crippen LogP contribution in [0.4, 0.5) is 0 Å². The van der Waals surface area contributed by atoms with Crippen molar-refractivity contribution in [1.82, 2.24) is 0 Å². The van der Waals surface area contributed by atoms with E-state index in [0.717, 1.165) is 0 Å². The molecule has 98 valence electrons. The van der Waals surface area contributed by atoms with Crippen molar-refractivity contribution in [2.75, 3.05) is 0 Å². The second-order valence-electron chi connectivity index (χ2n) is 4.05. The molecule has 0 aliphatic carbocycles. The molecule has 0 fully saturated rings. The molecule has 0 aliphatic heterocycles. The average Bonchev–Trinajstić information content (AvgIpc) is 2.38. The van der Waals surface area contributed by atoms with Gasteiger partial charge in [-0.15, -0.1) is 0 Å². The minimum atomic E-state index is -4.42. The van der Waals surface area contributed by atoms with E-state index in [0.29, 0.717) is 5.56 Å². The molecule has 0 heterocycles. The van der Waals surface area contributed by atoms with Crippen LogP contribution < -0.4 is 0 Å². The molecule has 0 aromatic heterocycles. The summed E-state index contributed by atoms with van der Waals surface area (Å²) in [6.45, 7) is 0. The molecule has 0 N–H and O–H groups in total. The molecule has 0 spiro atoms. The van der Waals surface area contributed by atoms with Gasteiger partial charge in [0.05, 0.1) is 15.9 Å². The maximum atomic E-state index is 12.3. The molecule has 0 saturated heterocycles. The molecule has 0 saturated carbocycles. The van der Waals surface area contributed by atoms with Gasteiger partial charge in [0.25, 0.3) is 0 Å². The van der Waals surface area contributed by atoms with Gasteiger partial charge in [0.1, 0.15) is 0 Å². The standard InChI is InChI=1S/C14H12O4S/c15-14(11-6-2-1-3-7-11)13-9-5-4-8-12(13)10-19(16,17)18/h1-9H,10H2,(H,16,17,18)/p-1. The molecular weight excluding hydrogens is 264 g/mol. The van der Waals surface area contributed by atoms with Gasteiger partial charge in [-0.2, -0.15) is 0 Å². The van der Waals surface area contributed by atoms with Crippen LogP contribution >= 0.6 is 0 Å². The van der Waals surface area contributed by atoms with Crippen LogP contribution in [0.1, 0.15) is 21.5 Å². The lowest BCUT2D eigenvalue weighted by Crippen LogP contribution is -2.09. The zero-order valence-electron chi connectivity index (χ0n) is 9.94. The van der Waals surface area contributed by atoms with Crippen molar-refractivity contribution in [3.8, 4) is 0 Å². The lowest BCUT2D eigenvalue weighted by atomic mass is 9.99. The third-order valence-electron chi connectivity index (χ3n) is 2.63. The Hall–Kier alpha value is -1.98. The van der Waals surface area contributed by atoms with Crippen LogP contribution in [0.15, 0.2) is 54.6 Å². The summed E-state index contributed by atoms with van der Waals surface area (Å²) in [6, 6.07) is 14.8. The second kappa shape index (κ2) is 5.34. The van der Waals surface area contributed by atoms with Crippen molar-refractivity contribution in [1.29, 1.82) is 0 Å². The monoisotopic (exact) mass is 275 g/mol. The highest BCUT2D eigenvalue weighted by molar-refractivity contribution is 7.84. The summed E-state index contributed by atoms with van der Waals surface area (Å²) < 4.78 is 32.5. The smallest absolute Gasteiger partial charge is 0.193 e. The van der Waals surface area contributed by atoms with Crippen LogP contribution in [0.2, 0.25) is 0 Å². The zero-order chi connectivity index (χ0) is 13.9. The van der Waals surface area contributed by atoms with Gasteiger partial charge < -0.3 is 4.55 Å². The molecule has 0 radical (unpaired) electrons. The Kier molecular flexibility index (Phi) is 3.78. The summed E-state index contributed by atoms with van der Waals surface area (Å²) in [7, 11) is -4.42. The highest BCUT2D eigenvalue weighted by Crippen LogP contribution is 2.16. The van der Waals surface area contributed by atoms with Gasteiger partial charge in [-0.1, -0.05) is 54.6 Å². The van der Waals surface area contributed by atoms with Gasteiger partial charge in [-0.3, -0.25) is 4.79 Å². The largest absolute Gasteiger partial charge is 0.748 e. The maximum Gasteiger partial charge on any atom is 0.193 e. The highest BCUT2D eigenvalue weighted by Gasteiger charge is 2.14. The van der Waals surface area contributed by atoms with Gasteiger partial charge in [0.15, 0.2) is 5.78 Å². The molecule has 0 atom stereocenters. The first-order valence-corrected chi connectivity index (χ1v) is 7.16. The Bertz CT molecular complexity index is 690. The fourth-order valence-electron chi connectivity index (χ4n) is 1.80. The Morgan fingerprint density at radius 2 is 1.53 bits per heavy atom. The minimum absolute atomic E-state index is 0.228. The molecular formula is C14H11O4S-. The summed E-state index contributed by atoms with van der Waals surface area (Å²) in [5.74, 6) is -0.971. The maximum absolute atomic E-state index is 12.3. The Labute approximate surface area is 111 Å². The molecule has 0 unspecified atom stereocenters. The summed E-state index contributed by atoms with van der Waals surface area (Å²) in [5.41, 5.74) is 0.928. The van der Waals surface area contributed by atoms with E-state index in [4.69, 9.17) is 0 Å². The number of carbonyl (C=O) groups excluding carboxylic acids is 1. The normalized spacial score (nSPS) is 11.2. The van der Waals surface area contributed by atoms with E-state index < -0.39 is 15.9 Å². The van der Waals surface area contributed by atoms with Crippen molar-refractivity contribution in [3.63, 3.8) is 0 Å². The fraction of sp³-hybridized carbons (Fsp3) is 0.0714.